The Kier molecular flexibility index (Phi) is 3.93. The van der Waals surface area contributed by atoms with Gasteiger partial charge in [0.1, 0.15) is 17.2 Å². The van der Waals surface area contributed by atoms with Gasteiger partial charge in [-0.25, -0.2) is 9.78 Å². The third-order valence-corrected chi connectivity index (χ3v) is 2.75. The predicted octanol–water partition coefficient (Wildman–Crippen LogP) is 2.96. The summed E-state index contributed by atoms with van der Waals surface area (Å²) in [4.78, 5) is 15.2. The van der Waals surface area contributed by atoms with E-state index in [-0.39, 0.29) is 17.7 Å². The Bertz CT molecular complexity index is 619. The number of aromatic carboxylic acids is 1. The summed E-state index contributed by atoms with van der Waals surface area (Å²) in [5.74, 6) is 0.157. The smallest absolute Gasteiger partial charge is 0.354 e. The first kappa shape index (κ1) is 13.9. The summed E-state index contributed by atoms with van der Waals surface area (Å²) in [6, 6.07) is 7.21. The van der Waals surface area contributed by atoms with Crippen molar-refractivity contribution in [1.29, 1.82) is 0 Å². The number of rotatable bonds is 5. The predicted molar refractivity (Wildman–Crippen MR) is 72.6 cm³/mol. The minimum atomic E-state index is -1.04. The number of carboxylic acid groups (broad SMARTS) is 1. The Morgan fingerprint density at radius 1 is 1.35 bits per heavy atom. The van der Waals surface area contributed by atoms with Crippen LogP contribution in [-0.2, 0) is 0 Å². The minimum absolute atomic E-state index is 0.0794. The van der Waals surface area contributed by atoms with Crippen LogP contribution >= 0.6 is 0 Å². The zero-order valence-electron chi connectivity index (χ0n) is 11.5. The van der Waals surface area contributed by atoms with Crippen molar-refractivity contribution in [2.24, 2.45) is 0 Å². The summed E-state index contributed by atoms with van der Waals surface area (Å²) in [5, 5.41) is 9.14. The monoisotopic (exact) mass is 276 g/mol. The van der Waals surface area contributed by atoms with Crippen molar-refractivity contribution in [2.75, 3.05) is 7.11 Å². The van der Waals surface area contributed by atoms with Gasteiger partial charge in [0, 0.05) is 12.1 Å². The highest BCUT2D eigenvalue weighted by Gasteiger charge is 2.19. The van der Waals surface area contributed by atoms with E-state index in [1.54, 1.807) is 31.4 Å². The van der Waals surface area contributed by atoms with Gasteiger partial charge >= 0.3 is 12.0 Å². The van der Waals surface area contributed by atoms with Gasteiger partial charge in [0.2, 0.25) is 0 Å². The molecule has 0 amide bonds. The molecule has 0 fully saturated rings. The van der Waals surface area contributed by atoms with Crippen molar-refractivity contribution in [1.82, 2.24) is 9.55 Å². The zero-order chi connectivity index (χ0) is 14.7. The summed E-state index contributed by atoms with van der Waals surface area (Å²) in [5.41, 5.74) is 0.0953. The highest BCUT2D eigenvalue weighted by molar-refractivity contribution is 5.85. The Hall–Kier alpha value is -2.50. The molecule has 0 aliphatic carbocycles. The van der Waals surface area contributed by atoms with E-state index in [1.165, 1.54) is 10.8 Å². The number of benzene rings is 1. The maximum Gasteiger partial charge on any atom is 0.354 e. The molecule has 1 aromatic heterocycles. The highest BCUT2D eigenvalue weighted by atomic mass is 16.5. The van der Waals surface area contributed by atoms with E-state index < -0.39 is 5.97 Å². The number of carbonyl (C=O) groups is 1. The number of hydrogen-bond donors (Lipinski definition) is 1. The van der Waals surface area contributed by atoms with Crippen molar-refractivity contribution < 1.29 is 19.4 Å². The second kappa shape index (κ2) is 5.64. The molecule has 1 aromatic carbocycles. The van der Waals surface area contributed by atoms with Gasteiger partial charge in [0.15, 0.2) is 0 Å². The van der Waals surface area contributed by atoms with E-state index >= 15 is 0 Å². The number of carboxylic acids is 1. The lowest BCUT2D eigenvalue weighted by Crippen LogP contribution is -2.11. The zero-order valence-corrected chi connectivity index (χ0v) is 11.5. The lowest BCUT2D eigenvalue weighted by atomic mass is 10.3. The Morgan fingerprint density at radius 2 is 2.05 bits per heavy atom. The maximum absolute atomic E-state index is 11.2. The second-order valence-corrected chi connectivity index (χ2v) is 4.48. The molecule has 2 aromatic rings. The quantitative estimate of drug-likeness (QED) is 0.908. The SMILES string of the molecule is COc1cccc(Oc2ncc(C(=O)O)n2C(C)C)c1. The summed E-state index contributed by atoms with van der Waals surface area (Å²) in [7, 11) is 1.57. The highest BCUT2D eigenvalue weighted by Crippen LogP contribution is 2.27. The van der Waals surface area contributed by atoms with Gasteiger partial charge in [0.25, 0.3) is 0 Å². The lowest BCUT2D eigenvalue weighted by molar-refractivity contribution is 0.0682. The van der Waals surface area contributed by atoms with Gasteiger partial charge in [-0.2, -0.15) is 0 Å². The summed E-state index contributed by atoms with van der Waals surface area (Å²) < 4.78 is 12.3. The third-order valence-electron chi connectivity index (χ3n) is 2.75. The fourth-order valence-electron chi connectivity index (χ4n) is 1.85. The molecule has 1 heterocycles. The molecule has 0 atom stereocenters. The van der Waals surface area contributed by atoms with Crippen LogP contribution < -0.4 is 9.47 Å². The molecule has 0 unspecified atom stereocenters. The number of nitrogens with zero attached hydrogens (tertiary/aromatic N) is 2. The second-order valence-electron chi connectivity index (χ2n) is 4.48. The van der Waals surface area contributed by atoms with Gasteiger partial charge in [0.05, 0.1) is 13.3 Å². The van der Waals surface area contributed by atoms with Crippen LogP contribution in [0.1, 0.15) is 30.4 Å². The van der Waals surface area contributed by atoms with Crippen LogP contribution in [0.5, 0.6) is 17.5 Å². The van der Waals surface area contributed by atoms with Crippen LogP contribution in [0, 0.1) is 0 Å². The van der Waals surface area contributed by atoms with Crippen LogP contribution in [0.25, 0.3) is 0 Å². The van der Waals surface area contributed by atoms with Gasteiger partial charge in [-0.15, -0.1) is 0 Å². The average molecular weight is 276 g/mol. The minimum Gasteiger partial charge on any atom is -0.497 e. The van der Waals surface area contributed by atoms with Crippen LogP contribution in [-0.4, -0.2) is 27.7 Å². The molecule has 6 nitrogen and oxygen atoms in total. The summed E-state index contributed by atoms with van der Waals surface area (Å²) in [6.45, 7) is 3.74. The maximum atomic E-state index is 11.2. The van der Waals surface area contributed by atoms with Gasteiger partial charge in [-0.05, 0) is 26.0 Å². The molecule has 20 heavy (non-hydrogen) atoms. The standard InChI is InChI=1S/C14H16N2O4/c1-9(2)16-12(13(17)18)8-15-14(16)20-11-6-4-5-10(7-11)19-3/h4-9H,1-3H3,(H,17,18). The topological polar surface area (TPSA) is 73.6 Å². The first-order valence-corrected chi connectivity index (χ1v) is 6.15. The van der Waals surface area contributed by atoms with E-state index in [0.717, 1.165) is 0 Å². The van der Waals surface area contributed by atoms with Gasteiger partial charge < -0.3 is 14.6 Å². The first-order chi connectivity index (χ1) is 9.52. The van der Waals surface area contributed by atoms with Gasteiger partial charge in [-0.1, -0.05) is 6.07 Å². The van der Waals surface area contributed by atoms with Crippen molar-refractivity contribution in [2.45, 2.75) is 19.9 Å². The van der Waals surface area contributed by atoms with Crippen molar-refractivity contribution in [3.63, 3.8) is 0 Å². The largest absolute Gasteiger partial charge is 0.497 e. The number of hydrogen-bond acceptors (Lipinski definition) is 4. The number of ether oxygens (including phenoxy) is 2. The molecule has 0 saturated heterocycles. The molecule has 0 bridgehead atoms. The molecule has 0 aliphatic heterocycles. The van der Waals surface area contributed by atoms with Crippen LogP contribution in [0.15, 0.2) is 30.5 Å². The number of methoxy groups -OCH3 is 1. The van der Waals surface area contributed by atoms with Crippen LogP contribution in [0.3, 0.4) is 0 Å². The molecule has 2 rings (SSSR count). The van der Waals surface area contributed by atoms with E-state index in [4.69, 9.17) is 14.6 Å². The van der Waals surface area contributed by atoms with Gasteiger partial charge in [-0.3, -0.25) is 4.57 Å². The molecular formula is C14H16N2O4. The average Bonchev–Trinajstić information content (AvgIpc) is 2.83. The number of aromatic nitrogens is 2. The molecule has 0 aliphatic rings. The summed E-state index contributed by atoms with van der Waals surface area (Å²) in [6.07, 6.45) is 1.29. The van der Waals surface area contributed by atoms with E-state index in [1.807, 2.05) is 13.8 Å². The molecule has 0 spiro atoms. The van der Waals surface area contributed by atoms with Crippen LogP contribution in [0.2, 0.25) is 0 Å². The van der Waals surface area contributed by atoms with E-state index in [0.29, 0.717) is 11.5 Å². The molecule has 106 valence electrons. The normalized spacial score (nSPS) is 10.6. The van der Waals surface area contributed by atoms with Crippen molar-refractivity contribution in [3.05, 3.63) is 36.2 Å². The summed E-state index contributed by atoms with van der Waals surface area (Å²) >= 11 is 0. The molecular weight excluding hydrogens is 260 g/mol. The number of imidazole rings is 1. The molecule has 0 saturated carbocycles. The Morgan fingerprint density at radius 3 is 2.65 bits per heavy atom. The fourth-order valence-corrected chi connectivity index (χ4v) is 1.85. The van der Waals surface area contributed by atoms with E-state index in [2.05, 4.69) is 4.98 Å². The fraction of sp³-hybridized carbons (Fsp3) is 0.286. The van der Waals surface area contributed by atoms with Crippen LogP contribution in [0.4, 0.5) is 0 Å². The van der Waals surface area contributed by atoms with Crippen molar-refractivity contribution >= 4 is 5.97 Å². The van der Waals surface area contributed by atoms with Crippen molar-refractivity contribution in [3.8, 4) is 17.5 Å². The Labute approximate surface area is 116 Å². The molecule has 1 N–H and O–H groups in total. The Balaban J connectivity index is 2.35. The van der Waals surface area contributed by atoms with E-state index in [9.17, 15) is 4.79 Å². The first-order valence-electron chi connectivity index (χ1n) is 6.15. The molecule has 6 heteroatoms. The lowest BCUT2D eigenvalue weighted by Gasteiger charge is -2.14. The molecule has 0 radical (unpaired) electrons. The third kappa shape index (κ3) is 2.74.